The Morgan fingerprint density at radius 2 is 1.23 bits per heavy atom. The van der Waals surface area contributed by atoms with Gasteiger partial charge in [-0.1, -0.05) is 105 Å². The third-order valence-electron chi connectivity index (χ3n) is 18.7. The van der Waals surface area contributed by atoms with Crippen molar-refractivity contribution in [2.45, 2.75) is 113 Å². The number of likely N-dealkylation sites (tertiary alicyclic amines) is 1. The molecule has 0 radical (unpaired) electrons. The molecule has 9 rings (SSSR count). The van der Waals surface area contributed by atoms with E-state index in [2.05, 4.69) is 63.4 Å². The molecule has 5 atom stereocenters. The van der Waals surface area contributed by atoms with Crippen LogP contribution < -0.4 is 58.1 Å². The van der Waals surface area contributed by atoms with E-state index >= 15 is 0 Å². The number of halogens is 1. The third kappa shape index (κ3) is 23.6. The molecule has 113 heavy (non-hydrogen) atoms. The number of nitrogens with one attached hydrogen (secondary N) is 10. The Morgan fingerprint density at radius 3 is 1.86 bits per heavy atom. The maximum atomic E-state index is 14.5. The van der Waals surface area contributed by atoms with E-state index < -0.39 is 131 Å². The Morgan fingerprint density at radius 1 is 0.611 bits per heavy atom. The molecular weight excluding hydrogens is 1500 g/mol. The van der Waals surface area contributed by atoms with E-state index in [1.54, 1.807) is 69.3 Å². The molecule has 32 nitrogen and oxygen atoms in total. The fourth-order valence-corrected chi connectivity index (χ4v) is 13.8. The van der Waals surface area contributed by atoms with E-state index in [9.17, 15) is 80.7 Å². The summed E-state index contributed by atoms with van der Waals surface area (Å²) < 4.78 is 39.5. The Labute approximate surface area is 656 Å². The minimum absolute atomic E-state index is 0.00385. The first kappa shape index (κ1) is 84.7. The monoisotopic (exact) mass is 1590 g/mol. The van der Waals surface area contributed by atoms with Gasteiger partial charge < -0.3 is 77.9 Å². The van der Waals surface area contributed by atoms with Crippen LogP contribution in [0.3, 0.4) is 0 Å². The van der Waals surface area contributed by atoms with E-state index in [4.69, 9.17) is 16.3 Å². The molecule has 1 heterocycles. The van der Waals surface area contributed by atoms with Crippen LogP contribution >= 0.6 is 11.6 Å². The first-order valence-electron chi connectivity index (χ1n) is 36.3. The number of ether oxygens (including phenoxy) is 1. The highest BCUT2D eigenvalue weighted by atomic mass is 35.5. The second-order valence-electron chi connectivity index (χ2n) is 28.1. The van der Waals surface area contributed by atoms with Crippen LogP contribution in [0, 0.1) is 5.41 Å². The predicted octanol–water partition coefficient (Wildman–Crippen LogP) is 7.57. The minimum atomic E-state index is -4.52. The molecule has 1 aliphatic heterocycles. The van der Waals surface area contributed by atoms with Gasteiger partial charge in [-0.15, -0.1) is 0 Å². The van der Waals surface area contributed by atoms with E-state index in [0.717, 1.165) is 27.9 Å². The summed E-state index contributed by atoms with van der Waals surface area (Å²) in [6.07, 6.45) is -1.60. The molecule has 0 saturated carbocycles. The number of nitrogens with zero attached hydrogens (tertiary/aromatic N) is 4. The average molecular weight is 1590 g/mol. The number of carbonyl (C=O) groups excluding carboxylic acids is 10. The zero-order valence-corrected chi connectivity index (χ0v) is 64.1. The first-order valence-corrected chi connectivity index (χ1v) is 38.1. The van der Waals surface area contributed by atoms with Crippen LogP contribution in [0.2, 0.25) is 5.02 Å². The minimum Gasteiger partial charge on any atom is -0.481 e. The van der Waals surface area contributed by atoms with Crippen LogP contribution in [0.5, 0.6) is 0 Å². The van der Waals surface area contributed by atoms with Crippen molar-refractivity contribution in [1.29, 1.82) is 0 Å². The molecule has 13 N–H and O–H groups in total. The highest BCUT2D eigenvalue weighted by Gasteiger charge is 2.43. The lowest BCUT2D eigenvalue weighted by molar-refractivity contribution is -0.144. The zero-order valence-electron chi connectivity index (χ0n) is 62.5. The molecule has 1 saturated heterocycles. The highest BCUT2D eigenvalue weighted by molar-refractivity contribution is 7.86. The van der Waals surface area contributed by atoms with Crippen LogP contribution in [0.25, 0.3) is 21.9 Å². The van der Waals surface area contributed by atoms with Crippen molar-refractivity contribution >= 4 is 132 Å². The van der Waals surface area contributed by atoms with Gasteiger partial charge >= 0.3 is 18.0 Å². The summed E-state index contributed by atoms with van der Waals surface area (Å²) >= 11 is 6.64. The van der Waals surface area contributed by atoms with Gasteiger partial charge in [0, 0.05) is 85.9 Å². The van der Waals surface area contributed by atoms with Gasteiger partial charge in [-0.2, -0.15) is 18.6 Å². The maximum Gasteiger partial charge on any atom is 0.407 e. The van der Waals surface area contributed by atoms with Crippen LogP contribution in [0.15, 0.2) is 167 Å². The number of benzene rings is 7. The zero-order chi connectivity index (χ0) is 81.7. The lowest BCUT2D eigenvalue weighted by Gasteiger charge is -2.35. The number of hydrogen-bond donors (Lipinski definition) is 13. The molecule has 1 fully saturated rings. The number of fused-ring (bicyclic) bond motifs is 4. The second-order valence-corrected chi connectivity index (χ2v) is 29.9. The Bertz CT molecular complexity index is 4820. The summed E-state index contributed by atoms with van der Waals surface area (Å²) in [6.45, 7) is 3.81. The number of unbranched alkanes of at least 4 members (excludes halogenated alkanes) is 1. The fraction of sp³-hybridized carbons (Fsp3) is 0.342. The molecule has 0 unspecified atom stereocenters. The van der Waals surface area contributed by atoms with E-state index in [0.29, 0.717) is 34.4 Å². The Hall–Kier alpha value is -12.4. The largest absolute Gasteiger partial charge is 0.481 e. The van der Waals surface area contributed by atoms with Crippen LogP contribution in [-0.4, -0.2) is 189 Å². The number of carboxylic acids is 2. The molecule has 0 spiro atoms. The number of amides is 10. The highest BCUT2D eigenvalue weighted by Crippen LogP contribution is 2.45. The Balaban J connectivity index is 0.735. The number of aliphatic carboxylic acids is 2. The molecule has 7 aromatic rings. The number of carbonyl (C=O) groups is 12. The molecule has 34 heteroatoms. The van der Waals surface area contributed by atoms with Crippen molar-refractivity contribution in [2.75, 3.05) is 75.5 Å². The van der Waals surface area contributed by atoms with Gasteiger partial charge in [-0.25, -0.2) is 9.59 Å². The molecule has 1 aliphatic carbocycles. The smallest absolute Gasteiger partial charge is 0.407 e. The van der Waals surface area contributed by atoms with Crippen molar-refractivity contribution in [3.63, 3.8) is 0 Å². The summed E-state index contributed by atoms with van der Waals surface area (Å²) in [5.41, 5.74) is 5.81. The maximum absolute atomic E-state index is 14.5. The summed E-state index contributed by atoms with van der Waals surface area (Å²) in [5, 5.41) is 54.6. The van der Waals surface area contributed by atoms with Crippen molar-refractivity contribution in [2.24, 2.45) is 15.6 Å². The lowest BCUT2D eigenvalue weighted by Crippen LogP contribution is -2.59. The normalized spacial score (nSPS) is 14.2. The van der Waals surface area contributed by atoms with Gasteiger partial charge in [-0.3, -0.25) is 52.5 Å². The molecule has 596 valence electrons. The summed E-state index contributed by atoms with van der Waals surface area (Å²) in [5.74, 6) is -10.2. The number of hydrogen-bond acceptors (Lipinski definition) is 19. The van der Waals surface area contributed by atoms with Gasteiger partial charge in [0.15, 0.2) is 0 Å². The Kier molecular flexibility index (Phi) is 29.2. The van der Waals surface area contributed by atoms with Gasteiger partial charge in [-0.05, 0) is 145 Å². The quantitative estimate of drug-likeness (QED) is 0.0102. The number of azo groups is 1. The molecule has 0 aromatic heterocycles. The third-order valence-corrected chi connectivity index (χ3v) is 20.0. The van der Waals surface area contributed by atoms with E-state index in [-0.39, 0.29) is 110 Å². The topological polar surface area (TPSA) is 460 Å². The number of anilines is 3. The van der Waals surface area contributed by atoms with E-state index in [1.165, 1.54) is 35.2 Å². The second kappa shape index (κ2) is 39.0. The molecular formula is C79H89ClN14O18S. The average Bonchev–Trinajstić information content (AvgIpc) is 1.63. The molecule has 10 amide bonds. The summed E-state index contributed by atoms with van der Waals surface area (Å²) in [6, 6.07) is 35.2. The first-order chi connectivity index (χ1) is 53.8. The number of carboxylic acid groups (broad SMARTS) is 2. The van der Waals surface area contributed by atoms with Crippen molar-refractivity contribution in [1.82, 2.24) is 47.4 Å². The van der Waals surface area contributed by atoms with Crippen molar-refractivity contribution in [3.05, 3.63) is 179 Å². The van der Waals surface area contributed by atoms with Crippen molar-refractivity contribution < 1.29 is 85.5 Å². The number of alkyl carbamates (subject to hydrolysis) is 1. The SMILES string of the molecule is CN(C)c1ccc(N=Nc2ccc(C(=O)NCCCC[C@H](NC(=O)CNC(=O)[C@H](CC(=O)O)NC(=O)[C@@H]3CCCN3C(=O)[C@@H](NC(=O)c3ccc(NC(=O)CNC(=O)[C@H](CCC(=O)NCCNc4cccc5c(S(=O)(=O)O)cccc45)NC(=O)OCC4c5ccccc5-c5ccccc54)c(Cl)c3)C(C)(C)C)C(=O)O)cc2)cc1. The van der Waals surface area contributed by atoms with Crippen molar-refractivity contribution in [3.8, 4) is 11.1 Å². The standard InChI is InChI=1S/C79H89ClN14O18S/c1-79(2,3)70(76(105)94-40-14-23-64(94)75(104)88-63(42-69(98)99)74(103)85-44-68(97)87-62(77(106)107)21-10-11-37-83-71(100)46-25-28-48(29-26-46)91-92-49-30-32-50(33-31-49)93(4)5)90-72(101)47-27-34-60(58(80)41-47)86-67(96)43-84-73(102)61(89-78(108)112-45-57-53-17-8-6-15-51(53)52-16-7-9-18-54(52)57)35-36-66(95)82-39-38-81-59-22-12-20-56-55(59)19-13-24-65(56)113(109,110)111/h6-9,12-13,15-20,22,24-34,41,57,61-64,70,81H,10-11,14,21,23,35-40,42-45H2,1-5H3,(H,82,95)(H,83,100)(H,84,102)(H,85,103)(H,86,96)(H,87,97)(H,88,104)(H,89,108)(H,90,101)(H,98,99)(H,106,107)(H,109,110,111)/t61-,62-,63-,64-,70+/m0/s1. The van der Waals surface area contributed by atoms with Gasteiger partial charge in [0.25, 0.3) is 21.9 Å². The van der Waals surface area contributed by atoms with Gasteiger partial charge in [0.1, 0.15) is 41.7 Å². The lowest BCUT2D eigenvalue weighted by atomic mass is 9.85. The fourth-order valence-electron chi connectivity index (χ4n) is 12.9. The van der Waals surface area contributed by atoms with E-state index in [1.807, 2.05) is 91.8 Å². The predicted molar refractivity (Wildman–Crippen MR) is 419 cm³/mol. The summed E-state index contributed by atoms with van der Waals surface area (Å²) in [4.78, 5) is 163. The van der Waals surface area contributed by atoms with Gasteiger partial charge in [0.2, 0.25) is 41.4 Å². The van der Waals surface area contributed by atoms with Crippen LogP contribution in [-0.2, 0) is 58.0 Å². The van der Waals surface area contributed by atoms with Crippen LogP contribution in [0.4, 0.5) is 33.2 Å². The number of rotatable bonds is 36. The molecule has 2 aliphatic rings. The summed E-state index contributed by atoms with van der Waals surface area (Å²) in [7, 11) is -0.669. The van der Waals surface area contributed by atoms with Gasteiger partial charge in [0.05, 0.1) is 41.6 Å². The molecule has 0 bridgehead atoms. The van der Waals surface area contributed by atoms with Crippen LogP contribution in [0.1, 0.15) is 110 Å². The molecule has 7 aromatic carbocycles.